The molecule has 0 radical (unpaired) electrons. The molecule has 0 aliphatic rings. The summed E-state index contributed by atoms with van der Waals surface area (Å²) in [6.45, 7) is 10.2. The lowest BCUT2D eigenvalue weighted by molar-refractivity contribution is -0.0979. The second-order valence-corrected chi connectivity index (χ2v) is 3.85. The Balaban J connectivity index is 0. The highest BCUT2D eigenvalue weighted by atomic mass is 35.5. The van der Waals surface area contributed by atoms with Gasteiger partial charge in [-0.1, -0.05) is 44.5 Å². The van der Waals surface area contributed by atoms with E-state index in [2.05, 4.69) is 15.5 Å². The number of benzene rings is 1. The van der Waals surface area contributed by atoms with E-state index >= 15 is 0 Å². The van der Waals surface area contributed by atoms with Crippen LogP contribution in [0.4, 0.5) is 0 Å². The van der Waals surface area contributed by atoms with Gasteiger partial charge < -0.3 is 19.4 Å². The first-order valence-electron chi connectivity index (χ1n) is 7.61. The van der Waals surface area contributed by atoms with Crippen LogP contribution >= 0.6 is 11.6 Å². The van der Waals surface area contributed by atoms with E-state index in [9.17, 15) is 0 Å². The maximum atomic E-state index is 8.00. The van der Waals surface area contributed by atoms with Gasteiger partial charge in [0.25, 0.3) is 5.89 Å². The first kappa shape index (κ1) is 23.9. The number of carbonyl (C=O) groups excluding carboxylic acids is 1. The molecule has 0 aliphatic heterocycles. The maximum absolute atomic E-state index is 8.00. The van der Waals surface area contributed by atoms with Crippen LogP contribution < -0.4 is 10.1 Å². The Bertz CT molecular complexity index is 542. The zero-order chi connectivity index (χ0) is 18.8. The van der Waals surface area contributed by atoms with Gasteiger partial charge in [-0.05, 0) is 24.3 Å². The molecule has 7 heteroatoms. The van der Waals surface area contributed by atoms with Crippen molar-refractivity contribution in [2.45, 2.75) is 34.3 Å². The van der Waals surface area contributed by atoms with Crippen molar-refractivity contribution in [3.8, 4) is 5.75 Å². The Hall–Kier alpha value is -2.34. The molecule has 1 heterocycles. The Morgan fingerprint density at radius 1 is 1.21 bits per heavy atom. The Morgan fingerprint density at radius 3 is 2.33 bits per heavy atom. The highest BCUT2D eigenvalue weighted by molar-refractivity contribution is 6.30. The summed E-state index contributed by atoms with van der Waals surface area (Å²) in [5.41, 5.74) is 0. The van der Waals surface area contributed by atoms with Gasteiger partial charge in [-0.3, -0.25) is 0 Å². The second-order valence-electron chi connectivity index (χ2n) is 3.41. The molecule has 0 aliphatic carbocycles. The fourth-order valence-corrected chi connectivity index (χ4v) is 1.35. The summed E-state index contributed by atoms with van der Waals surface area (Å²) < 4.78 is 10.5. The largest absolute Gasteiger partial charge is 0.485 e. The lowest BCUT2D eigenvalue weighted by atomic mass is 10.3. The summed E-state index contributed by atoms with van der Waals surface area (Å²) in [7, 11) is 1.79. The normalized spacial score (nSPS) is 8.75. The summed E-state index contributed by atoms with van der Waals surface area (Å²) in [5, 5.41) is 7.29. The van der Waals surface area contributed by atoms with E-state index in [4.69, 9.17) is 25.7 Å². The van der Waals surface area contributed by atoms with Gasteiger partial charge in [-0.25, -0.2) is 0 Å². The molecule has 2 rings (SSSR count). The molecule has 0 fully saturated rings. The van der Waals surface area contributed by atoms with Crippen molar-refractivity contribution in [1.29, 1.82) is 0 Å². The molecule has 0 bridgehead atoms. The van der Waals surface area contributed by atoms with E-state index in [1.807, 2.05) is 34.5 Å². The summed E-state index contributed by atoms with van der Waals surface area (Å²) in [6.07, 6.45) is 3.39. The highest BCUT2D eigenvalue weighted by Gasteiger charge is 2.04. The molecule has 24 heavy (non-hydrogen) atoms. The number of hydrogen-bond acceptors (Lipinski definition) is 6. The van der Waals surface area contributed by atoms with Crippen LogP contribution in [0.1, 0.15) is 39.4 Å². The van der Waals surface area contributed by atoms with Crippen molar-refractivity contribution in [3.63, 3.8) is 0 Å². The van der Waals surface area contributed by atoms with E-state index in [0.717, 1.165) is 0 Å². The zero-order valence-electron chi connectivity index (χ0n) is 14.9. The average molecular weight is 356 g/mol. The number of carbonyl (C=O) groups is 1. The third-order valence-corrected chi connectivity index (χ3v) is 2.31. The van der Waals surface area contributed by atoms with Crippen LogP contribution in [0.15, 0.2) is 35.0 Å². The average Bonchev–Trinajstić information content (AvgIpc) is 3.12. The van der Waals surface area contributed by atoms with Crippen LogP contribution in [-0.4, -0.2) is 24.0 Å². The minimum Gasteiger partial charge on any atom is -0.485 e. The molecule has 2 aromatic rings. The minimum absolute atomic E-state index is 0.249. The predicted molar refractivity (Wildman–Crippen MR) is 98.0 cm³/mol. The Labute approximate surface area is 148 Å². The SMILES string of the molecule is C=O.CC.CC.CN/C=C/c1nc(COc2ccc(Cl)cc2)no1. The number of ether oxygens (including phenoxy) is 1. The molecule has 0 saturated carbocycles. The minimum atomic E-state index is 0.249. The highest BCUT2D eigenvalue weighted by Crippen LogP contribution is 2.16. The van der Waals surface area contributed by atoms with E-state index in [1.54, 1.807) is 43.6 Å². The molecule has 0 spiro atoms. The van der Waals surface area contributed by atoms with E-state index in [1.165, 1.54) is 0 Å². The second kappa shape index (κ2) is 17.0. The summed E-state index contributed by atoms with van der Waals surface area (Å²) in [4.78, 5) is 12.1. The van der Waals surface area contributed by atoms with E-state index in [0.29, 0.717) is 22.5 Å². The monoisotopic (exact) mass is 355 g/mol. The quantitative estimate of drug-likeness (QED) is 0.858. The number of nitrogens with zero attached hydrogens (tertiary/aromatic N) is 2. The zero-order valence-corrected chi connectivity index (χ0v) is 15.6. The Morgan fingerprint density at radius 2 is 1.79 bits per heavy atom. The lowest BCUT2D eigenvalue weighted by Crippen LogP contribution is -1.97. The van der Waals surface area contributed by atoms with E-state index in [-0.39, 0.29) is 6.61 Å². The van der Waals surface area contributed by atoms with Gasteiger partial charge in [0, 0.05) is 24.3 Å². The number of rotatable bonds is 5. The van der Waals surface area contributed by atoms with Crippen molar-refractivity contribution in [1.82, 2.24) is 15.5 Å². The van der Waals surface area contributed by atoms with Gasteiger partial charge in [0.2, 0.25) is 5.82 Å². The summed E-state index contributed by atoms with van der Waals surface area (Å²) in [6, 6.07) is 7.08. The van der Waals surface area contributed by atoms with Crippen LogP contribution in [0, 0.1) is 0 Å². The molecule has 0 atom stereocenters. The van der Waals surface area contributed by atoms with Crippen LogP contribution in [0.3, 0.4) is 0 Å². The number of hydrogen-bond donors (Lipinski definition) is 1. The molecular weight excluding hydrogens is 330 g/mol. The third-order valence-electron chi connectivity index (χ3n) is 2.06. The van der Waals surface area contributed by atoms with Crippen molar-refractivity contribution in [2.24, 2.45) is 0 Å². The van der Waals surface area contributed by atoms with Crippen molar-refractivity contribution in [2.75, 3.05) is 7.05 Å². The topological polar surface area (TPSA) is 77.2 Å². The van der Waals surface area contributed by atoms with Crippen LogP contribution in [-0.2, 0) is 11.4 Å². The number of nitrogens with one attached hydrogen (secondary N) is 1. The van der Waals surface area contributed by atoms with Crippen molar-refractivity contribution < 1.29 is 14.1 Å². The van der Waals surface area contributed by atoms with Gasteiger partial charge in [-0.15, -0.1) is 0 Å². The molecule has 1 N–H and O–H groups in total. The molecule has 6 nitrogen and oxygen atoms in total. The maximum Gasteiger partial charge on any atom is 0.252 e. The number of halogens is 1. The van der Waals surface area contributed by atoms with Crippen LogP contribution in [0.2, 0.25) is 5.02 Å². The van der Waals surface area contributed by atoms with E-state index < -0.39 is 0 Å². The number of aromatic nitrogens is 2. The van der Waals surface area contributed by atoms with Crippen molar-refractivity contribution >= 4 is 24.5 Å². The van der Waals surface area contributed by atoms with Gasteiger partial charge in [0.05, 0.1) is 0 Å². The molecule has 0 unspecified atom stereocenters. The molecule has 134 valence electrons. The van der Waals surface area contributed by atoms with Gasteiger partial charge in [-0.2, -0.15) is 4.98 Å². The predicted octanol–water partition coefficient (Wildman–Crippen LogP) is 4.36. The lowest BCUT2D eigenvalue weighted by Gasteiger charge is -2.02. The summed E-state index contributed by atoms with van der Waals surface area (Å²) >= 11 is 5.77. The van der Waals surface area contributed by atoms with Gasteiger partial charge >= 0.3 is 0 Å². The fourth-order valence-electron chi connectivity index (χ4n) is 1.23. The molecule has 0 saturated heterocycles. The third kappa shape index (κ3) is 10.4. The van der Waals surface area contributed by atoms with Crippen molar-refractivity contribution in [3.05, 3.63) is 47.2 Å². The first-order valence-corrected chi connectivity index (χ1v) is 7.99. The fraction of sp³-hybridized carbons (Fsp3) is 0.353. The molecule has 0 amide bonds. The first-order chi connectivity index (χ1) is 11.8. The van der Waals surface area contributed by atoms with Gasteiger partial charge in [0.1, 0.15) is 12.5 Å². The Kier molecular flexibility index (Phi) is 17.0. The molecule has 1 aromatic carbocycles. The molecular formula is C17H26ClN3O3. The van der Waals surface area contributed by atoms with Gasteiger partial charge in [0.15, 0.2) is 6.61 Å². The molecule has 1 aromatic heterocycles. The van der Waals surface area contributed by atoms with Crippen LogP contribution in [0.25, 0.3) is 6.08 Å². The standard InChI is InChI=1S/C12H12ClN3O2.2C2H6.CH2O/c1-14-7-6-12-15-11(16-18-12)8-17-10-4-2-9(13)3-5-10;3*1-2/h2-7,14H,8H2,1H3;2*1-2H3;1H2/b7-6+;;;. The van der Waals surface area contributed by atoms with Crippen LogP contribution in [0.5, 0.6) is 5.75 Å². The smallest absolute Gasteiger partial charge is 0.252 e. The summed E-state index contributed by atoms with van der Waals surface area (Å²) in [5.74, 6) is 1.62.